The van der Waals surface area contributed by atoms with Gasteiger partial charge in [-0.2, -0.15) is 13.2 Å². The molecule has 0 unspecified atom stereocenters. The van der Waals surface area contributed by atoms with Crippen LogP contribution in [-0.4, -0.2) is 36.0 Å². The van der Waals surface area contributed by atoms with Crippen molar-refractivity contribution < 1.29 is 18.0 Å². The zero-order valence-corrected chi connectivity index (χ0v) is 10.6. The highest BCUT2D eigenvalue weighted by atomic mass is 35.5. The van der Waals surface area contributed by atoms with E-state index in [1.165, 1.54) is 0 Å². The molecule has 0 aliphatic heterocycles. The molecule has 0 N–H and O–H groups in total. The maximum absolute atomic E-state index is 12.3. The number of alkyl halides is 4. The van der Waals surface area contributed by atoms with Gasteiger partial charge in [-0.15, -0.1) is 22.9 Å². The molecule has 0 fully saturated rings. The minimum Gasteiger partial charge on any atom is -0.328 e. The molecule has 0 bridgehead atoms. The summed E-state index contributed by atoms with van der Waals surface area (Å²) in [5, 5.41) is 1.68. The number of hydrogen-bond donors (Lipinski definition) is 0. The first-order chi connectivity index (χ1) is 7.85. The lowest BCUT2D eigenvalue weighted by Crippen LogP contribution is -2.40. The molecule has 17 heavy (non-hydrogen) atoms. The molecule has 0 aliphatic rings. The number of nitrogens with zero attached hydrogens (tertiary/aromatic N) is 1. The third-order valence-corrected chi connectivity index (χ3v) is 3.24. The fraction of sp³-hybridized carbons (Fsp3) is 0.500. The Morgan fingerprint density at radius 2 is 2.18 bits per heavy atom. The van der Waals surface area contributed by atoms with Gasteiger partial charge < -0.3 is 4.90 Å². The number of amides is 1. The molecule has 0 spiro atoms. The second-order valence-electron chi connectivity index (χ2n) is 3.46. The minimum atomic E-state index is -4.41. The van der Waals surface area contributed by atoms with Crippen LogP contribution >= 0.6 is 22.9 Å². The molecule has 0 atom stereocenters. The molecule has 1 rings (SSSR count). The monoisotopic (exact) mass is 285 g/mol. The van der Waals surface area contributed by atoms with Crippen LogP contribution in [0.5, 0.6) is 0 Å². The van der Waals surface area contributed by atoms with Crippen molar-refractivity contribution in [3.05, 3.63) is 21.9 Å². The molecule has 0 saturated carbocycles. The molecule has 1 amide bonds. The van der Waals surface area contributed by atoms with Crippen molar-refractivity contribution in [1.82, 2.24) is 4.90 Å². The quantitative estimate of drug-likeness (QED) is 0.777. The number of carbonyl (C=O) groups is 1. The number of carbonyl (C=O) groups excluding carboxylic acids is 1. The topological polar surface area (TPSA) is 20.3 Å². The molecular weight excluding hydrogens is 275 g/mol. The number of halogens is 4. The summed E-state index contributed by atoms with van der Waals surface area (Å²) in [6.07, 6.45) is -4.41. The fourth-order valence-electron chi connectivity index (χ4n) is 1.31. The van der Waals surface area contributed by atoms with E-state index >= 15 is 0 Å². The van der Waals surface area contributed by atoms with E-state index in [1.807, 2.05) is 0 Å². The second kappa shape index (κ2) is 5.73. The van der Waals surface area contributed by atoms with Gasteiger partial charge in [0.05, 0.1) is 4.88 Å². The van der Waals surface area contributed by atoms with Crippen LogP contribution < -0.4 is 0 Å². The molecule has 1 aromatic heterocycles. The highest BCUT2D eigenvalue weighted by molar-refractivity contribution is 7.12. The van der Waals surface area contributed by atoms with Crippen LogP contribution in [0, 0.1) is 6.92 Å². The lowest BCUT2D eigenvalue weighted by atomic mass is 10.2. The first kappa shape index (κ1) is 14.3. The smallest absolute Gasteiger partial charge is 0.328 e. The van der Waals surface area contributed by atoms with E-state index in [0.717, 1.165) is 16.2 Å². The van der Waals surface area contributed by atoms with Gasteiger partial charge in [-0.3, -0.25) is 4.79 Å². The molecule has 1 aromatic rings. The Morgan fingerprint density at radius 3 is 2.59 bits per heavy atom. The molecule has 0 radical (unpaired) electrons. The predicted molar refractivity (Wildman–Crippen MR) is 61.7 cm³/mol. The maximum atomic E-state index is 12.3. The average molecular weight is 286 g/mol. The van der Waals surface area contributed by atoms with Crippen molar-refractivity contribution >= 4 is 28.8 Å². The maximum Gasteiger partial charge on any atom is 0.406 e. The van der Waals surface area contributed by atoms with Gasteiger partial charge in [-0.1, -0.05) is 0 Å². The standard InChI is InChI=1S/C10H11ClF3NOS/c1-7-2-5-17-8(7)9(16)15(4-3-11)6-10(12,13)14/h2,5H,3-4,6H2,1H3. The van der Waals surface area contributed by atoms with Crippen LogP contribution in [0.2, 0.25) is 0 Å². The SMILES string of the molecule is Cc1ccsc1C(=O)N(CCCl)CC(F)(F)F. The lowest BCUT2D eigenvalue weighted by molar-refractivity contribution is -0.140. The second-order valence-corrected chi connectivity index (χ2v) is 4.76. The van der Waals surface area contributed by atoms with Gasteiger partial charge in [0.1, 0.15) is 6.54 Å². The Labute approximate surface area is 106 Å². The molecular formula is C10H11ClF3NOS. The van der Waals surface area contributed by atoms with Crippen LogP contribution in [0.3, 0.4) is 0 Å². The Kier molecular flexibility index (Phi) is 4.82. The van der Waals surface area contributed by atoms with Crippen molar-refractivity contribution in [2.24, 2.45) is 0 Å². The van der Waals surface area contributed by atoms with Gasteiger partial charge in [0.15, 0.2) is 0 Å². The molecule has 2 nitrogen and oxygen atoms in total. The Morgan fingerprint density at radius 1 is 1.53 bits per heavy atom. The summed E-state index contributed by atoms with van der Waals surface area (Å²) in [5.74, 6) is -0.637. The molecule has 7 heteroatoms. The van der Waals surface area contributed by atoms with Gasteiger partial charge in [-0.05, 0) is 23.9 Å². The summed E-state index contributed by atoms with van der Waals surface area (Å²) in [5.41, 5.74) is 0.682. The van der Waals surface area contributed by atoms with Gasteiger partial charge in [-0.25, -0.2) is 0 Å². The van der Waals surface area contributed by atoms with E-state index in [2.05, 4.69) is 0 Å². The van der Waals surface area contributed by atoms with Crippen molar-refractivity contribution in [1.29, 1.82) is 0 Å². The summed E-state index contributed by atoms with van der Waals surface area (Å²) < 4.78 is 36.9. The molecule has 96 valence electrons. The van der Waals surface area contributed by atoms with Gasteiger partial charge in [0.25, 0.3) is 5.91 Å². The van der Waals surface area contributed by atoms with E-state index < -0.39 is 18.6 Å². The average Bonchev–Trinajstić information content (AvgIpc) is 2.61. The molecule has 0 aromatic carbocycles. The first-order valence-electron chi connectivity index (χ1n) is 4.81. The minimum absolute atomic E-state index is 0.0216. The summed E-state index contributed by atoms with van der Waals surface area (Å²) in [7, 11) is 0. The number of rotatable bonds is 4. The number of thiophene rings is 1. The Hall–Kier alpha value is -0.750. The Balaban J connectivity index is 2.84. The third-order valence-electron chi connectivity index (χ3n) is 2.07. The summed E-state index contributed by atoms with van der Waals surface area (Å²) in [6.45, 7) is 0.309. The van der Waals surface area contributed by atoms with Crippen LogP contribution in [0.15, 0.2) is 11.4 Å². The summed E-state index contributed by atoms with van der Waals surface area (Å²) in [4.78, 5) is 12.9. The van der Waals surface area contributed by atoms with Crippen LogP contribution in [0.1, 0.15) is 15.2 Å². The number of aryl methyl sites for hydroxylation is 1. The zero-order chi connectivity index (χ0) is 13.1. The highest BCUT2D eigenvalue weighted by Crippen LogP contribution is 2.22. The van der Waals surface area contributed by atoms with E-state index in [4.69, 9.17) is 11.6 Å². The van der Waals surface area contributed by atoms with Crippen LogP contribution in [0.25, 0.3) is 0 Å². The van der Waals surface area contributed by atoms with Crippen molar-refractivity contribution in [3.8, 4) is 0 Å². The lowest BCUT2D eigenvalue weighted by Gasteiger charge is -2.22. The van der Waals surface area contributed by atoms with E-state index in [0.29, 0.717) is 10.4 Å². The van der Waals surface area contributed by atoms with Crippen LogP contribution in [0.4, 0.5) is 13.2 Å². The van der Waals surface area contributed by atoms with E-state index in [-0.39, 0.29) is 12.4 Å². The Bertz CT molecular complexity index is 391. The van der Waals surface area contributed by atoms with Crippen LogP contribution in [-0.2, 0) is 0 Å². The van der Waals surface area contributed by atoms with Crippen molar-refractivity contribution in [3.63, 3.8) is 0 Å². The molecule has 1 heterocycles. The highest BCUT2D eigenvalue weighted by Gasteiger charge is 2.33. The van der Waals surface area contributed by atoms with Gasteiger partial charge in [0.2, 0.25) is 0 Å². The normalized spacial score (nSPS) is 11.6. The fourth-order valence-corrected chi connectivity index (χ4v) is 2.40. The summed E-state index contributed by atoms with van der Waals surface area (Å²) >= 11 is 6.55. The van der Waals surface area contributed by atoms with Gasteiger partial charge >= 0.3 is 6.18 Å². The van der Waals surface area contributed by atoms with Gasteiger partial charge in [0, 0.05) is 12.4 Å². The predicted octanol–water partition coefficient (Wildman–Crippen LogP) is 3.30. The first-order valence-corrected chi connectivity index (χ1v) is 6.22. The van der Waals surface area contributed by atoms with E-state index in [1.54, 1.807) is 18.4 Å². The van der Waals surface area contributed by atoms with Crippen molar-refractivity contribution in [2.75, 3.05) is 19.0 Å². The van der Waals surface area contributed by atoms with E-state index in [9.17, 15) is 18.0 Å². The molecule has 0 saturated heterocycles. The largest absolute Gasteiger partial charge is 0.406 e. The third kappa shape index (κ3) is 4.20. The number of hydrogen-bond acceptors (Lipinski definition) is 2. The van der Waals surface area contributed by atoms with Crippen molar-refractivity contribution in [2.45, 2.75) is 13.1 Å². The zero-order valence-electron chi connectivity index (χ0n) is 9.05. The molecule has 0 aliphatic carbocycles. The summed E-state index contributed by atoms with van der Waals surface area (Å²) in [6, 6.07) is 1.70.